The van der Waals surface area contributed by atoms with E-state index >= 15 is 0 Å². The molecule has 0 bridgehead atoms. The summed E-state index contributed by atoms with van der Waals surface area (Å²) in [5.41, 5.74) is 0. The highest BCUT2D eigenvalue weighted by Crippen LogP contribution is 2.24. The molecule has 1 fully saturated rings. The molecule has 3 heteroatoms. The molecule has 0 radical (unpaired) electrons. The molecule has 0 N–H and O–H groups in total. The number of likely N-dealkylation sites (tertiary alicyclic amines) is 1. The minimum Gasteiger partial charge on any atom is -0.365 e. The van der Waals surface area contributed by atoms with Crippen LogP contribution < -0.4 is 0 Å². The van der Waals surface area contributed by atoms with E-state index in [9.17, 15) is 0 Å². The molecule has 90 valence electrons. The Morgan fingerprint density at radius 2 is 2.20 bits per heavy atom. The second kappa shape index (κ2) is 6.12. The molecule has 1 saturated heterocycles. The van der Waals surface area contributed by atoms with Crippen LogP contribution in [0.25, 0.3) is 0 Å². The lowest BCUT2D eigenvalue weighted by atomic mass is 10.1. The Kier molecular flexibility index (Phi) is 5.44. The monoisotopic (exact) mass is 231 g/mol. The van der Waals surface area contributed by atoms with Gasteiger partial charge >= 0.3 is 0 Å². The summed E-state index contributed by atoms with van der Waals surface area (Å²) in [6.45, 7) is 6.46. The first-order chi connectivity index (χ1) is 7.05. The first kappa shape index (κ1) is 13.3. The van der Waals surface area contributed by atoms with Gasteiger partial charge in [-0.3, -0.25) is 0 Å². The maximum atomic E-state index is 5.82. The van der Waals surface area contributed by atoms with Gasteiger partial charge in [0, 0.05) is 12.6 Å². The number of ether oxygens (including phenoxy) is 1. The summed E-state index contributed by atoms with van der Waals surface area (Å²) in [6, 6.07) is 0.811. The molecule has 2 nitrogen and oxygen atoms in total. The Hall–Kier alpha value is 0.270. The van der Waals surface area contributed by atoms with E-state index in [0.29, 0.717) is 0 Å². The minimum absolute atomic E-state index is 0.0123. The average molecular weight is 231 g/mol. The van der Waals surface area contributed by atoms with Crippen LogP contribution in [0.5, 0.6) is 0 Å². The average Bonchev–Trinajstić information content (AvgIpc) is 2.59. The Balaban J connectivity index is 2.06. The van der Waals surface area contributed by atoms with Gasteiger partial charge in [-0.05, 0) is 59.4 Å². The van der Waals surface area contributed by atoms with Crippen molar-refractivity contribution in [1.29, 1.82) is 0 Å². The van der Waals surface area contributed by atoms with Crippen LogP contribution in [0.4, 0.5) is 0 Å². The van der Waals surface area contributed by atoms with Crippen molar-refractivity contribution in [2.75, 3.05) is 26.5 Å². The number of rotatable bonds is 6. The molecule has 0 saturated carbocycles. The third-order valence-electron chi connectivity index (χ3n) is 3.29. The minimum atomic E-state index is -0.0123. The third-order valence-corrected chi connectivity index (χ3v) is 4.40. The molecular weight excluding hydrogens is 206 g/mol. The molecule has 0 aromatic rings. The van der Waals surface area contributed by atoms with E-state index in [2.05, 4.69) is 32.1 Å². The van der Waals surface area contributed by atoms with E-state index in [4.69, 9.17) is 4.74 Å². The fraction of sp³-hybridized carbons (Fsp3) is 1.00. The molecule has 1 aliphatic heterocycles. The molecule has 0 amide bonds. The van der Waals surface area contributed by atoms with Crippen LogP contribution in [0, 0.1) is 0 Å². The molecule has 0 aromatic carbocycles. The van der Waals surface area contributed by atoms with E-state index in [1.807, 2.05) is 0 Å². The predicted octanol–water partition coefficient (Wildman–Crippen LogP) is 2.98. The van der Waals surface area contributed by atoms with Gasteiger partial charge in [-0.15, -0.1) is 11.8 Å². The van der Waals surface area contributed by atoms with Gasteiger partial charge in [0.1, 0.15) is 4.93 Å². The van der Waals surface area contributed by atoms with Gasteiger partial charge in [-0.1, -0.05) is 0 Å². The predicted molar refractivity (Wildman–Crippen MR) is 68.4 cm³/mol. The SMILES string of the molecule is CSC(C)(C)OCCCC1CCCN1C. The smallest absolute Gasteiger partial charge is 0.107 e. The number of hydrogen-bond donors (Lipinski definition) is 0. The summed E-state index contributed by atoms with van der Waals surface area (Å²) < 4.78 is 5.82. The maximum absolute atomic E-state index is 5.82. The van der Waals surface area contributed by atoms with Crippen molar-refractivity contribution in [3.63, 3.8) is 0 Å². The van der Waals surface area contributed by atoms with Crippen molar-refractivity contribution in [3.8, 4) is 0 Å². The highest BCUT2D eigenvalue weighted by atomic mass is 32.2. The fourth-order valence-corrected chi connectivity index (χ4v) is 2.24. The lowest BCUT2D eigenvalue weighted by molar-refractivity contribution is 0.0476. The third kappa shape index (κ3) is 4.75. The van der Waals surface area contributed by atoms with Crippen molar-refractivity contribution in [1.82, 2.24) is 4.90 Å². The van der Waals surface area contributed by atoms with Gasteiger partial charge in [0.25, 0.3) is 0 Å². The largest absolute Gasteiger partial charge is 0.365 e. The summed E-state index contributed by atoms with van der Waals surface area (Å²) in [7, 11) is 2.24. The van der Waals surface area contributed by atoms with Crippen LogP contribution in [0.15, 0.2) is 0 Å². The van der Waals surface area contributed by atoms with Gasteiger partial charge < -0.3 is 9.64 Å². The molecule has 15 heavy (non-hydrogen) atoms. The van der Waals surface area contributed by atoms with Crippen LogP contribution in [0.3, 0.4) is 0 Å². The summed E-state index contributed by atoms with van der Waals surface area (Å²) in [5, 5.41) is 0. The van der Waals surface area contributed by atoms with Crippen molar-refractivity contribution < 1.29 is 4.74 Å². The first-order valence-electron chi connectivity index (χ1n) is 5.94. The second-order valence-corrected chi connectivity index (χ2v) is 6.26. The standard InChI is InChI=1S/C12H25NOS/c1-12(2,15-4)14-10-6-8-11-7-5-9-13(11)3/h11H,5-10H2,1-4H3. The normalized spacial score (nSPS) is 23.6. The van der Waals surface area contributed by atoms with Crippen molar-refractivity contribution in [2.45, 2.75) is 50.5 Å². The van der Waals surface area contributed by atoms with Crippen molar-refractivity contribution >= 4 is 11.8 Å². The van der Waals surface area contributed by atoms with Crippen LogP contribution in [-0.2, 0) is 4.74 Å². The number of thioether (sulfide) groups is 1. The van der Waals surface area contributed by atoms with Crippen LogP contribution in [0.1, 0.15) is 39.5 Å². The summed E-state index contributed by atoms with van der Waals surface area (Å²) >= 11 is 1.78. The Morgan fingerprint density at radius 3 is 2.73 bits per heavy atom. The molecule has 1 atom stereocenters. The van der Waals surface area contributed by atoms with E-state index in [-0.39, 0.29) is 4.93 Å². The quantitative estimate of drug-likeness (QED) is 0.515. The first-order valence-corrected chi connectivity index (χ1v) is 7.17. The van der Waals surface area contributed by atoms with Gasteiger partial charge in [0.2, 0.25) is 0 Å². The molecule has 0 aliphatic carbocycles. The topological polar surface area (TPSA) is 12.5 Å². The Labute approximate surface area is 98.7 Å². The highest BCUT2D eigenvalue weighted by molar-refractivity contribution is 7.99. The van der Waals surface area contributed by atoms with Gasteiger partial charge in [0.05, 0.1) is 0 Å². The number of hydrogen-bond acceptors (Lipinski definition) is 3. The summed E-state index contributed by atoms with van der Waals surface area (Å²) in [6.07, 6.45) is 7.34. The van der Waals surface area contributed by atoms with Gasteiger partial charge in [0.15, 0.2) is 0 Å². The zero-order chi connectivity index (χ0) is 11.3. The molecule has 0 spiro atoms. The molecule has 1 rings (SSSR count). The lowest BCUT2D eigenvalue weighted by Crippen LogP contribution is -2.26. The molecule has 0 aromatic heterocycles. The van der Waals surface area contributed by atoms with Gasteiger partial charge in [-0.25, -0.2) is 0 Å². The zero-order valence-corrected chi connectivity index (χ0v) is 11.4. The Bertz CT molecular complexity index is 184. The summed E-state index contributed by atoms with van der Waals surface area (Å²) in [5.74, 6) is 0. The van der Waals surface area contributed by atoms with Crippen LogP contribution >= 0.6 is 11.8 Å². The molecule has 1 heterocycles. The maximum Gasteiger partial charge on any atom is 0.107 e. The highest BCUT2D eigenvalue weighted by Gasteiger charge is 2.21. The lowest BCUT2D eigenvalue weighted by Gasteiger charge is -2.24. The van der Waals surface area contributed by atoms with Gasteiger partial charge in [-0.2, -0.15) is 0 Å². The fourth-order valence-electron chi connectivity index (χ4n) is 2.04. The number of nitrogens with zero attached hydrogens (tertiary/aromatic N) is 1. The van der Waals surface area contributed by atoms with E-state index in [1.54, 1.807) is 11.8 Å². The van der Waals surface area contributed by atoms with Crippen molar-refractivity contribution in [3.05, 3.63) is 0 Å². The molecule has 1 aliphatic rings. The van der Waals surface area contributed by atoms with E-state index in [1.165, 1.54) is 32.2 Å². The molecular formula is C12H25NOS. The zero-order valence-electron chi connectivity index (χ0n) is 10.6. The van der Waals surface area contributed by atoms with E-state index in [0.717, 1.165) is 12.6 Å². The van der Waals surface area contributed by atoms with Crippen molar-refractivity contribution in [2.24, 2.45) is 0 Å². The van der Waals surface area contributed by atoms with E-state index < -0.39 is 0 Å². The van der Waals surface area contributed by atoms with Crippen LogP contribution in [0.2, 0.25) is 0 Å². The second-order valence-electron chi connectivity index (χ2n) is 4.87. The van der Waals surface area contributed by atoms with Crippen LogP contribution in [-0.4, -0.2) is 42.3 Å². The molecule has 1 unspecified atom stereocenters. The Morgan fingerprint density at radius 1 is 1.47 bits per heavy atom. The summed E-state index contributed by atoms with van der Waals surface area (Å²) in [4.78, 5) is 2.47.